The van der Waals surface area contributed by atoms with Crippen LogP contribution in [0.3, 0.4) is 0 Å². The van der Waals surface area contributed by atoms with Crippen LogP contribution in [-0.2, 0) is 22.7 Å². The van der Waals surface area contributed by atoms with Gasteiger partial charge in [0.2, 0.25) is 11.8 Å². The molecule has 2 aromatic rings. The van der Waals surface area contributed by atoms with E-state index >= 15 is 0 Å². The van der Waals surface area contributed by atoms with E-state index in [1.807, 2.05) is 31.2 Å². The summed E-state index contributed by atoms with van der Waals surface area (Å²) in [6.45, 7) is 4.37. The van der Waals surface area contributed by atoms with E-state index in [9.17, 15) is 9.59 Å². The molecule has 0 radical (unpaired) electrons. The number of aromatic nitrogens is 3. The highest BCUT2D eigenvalue weighted by Gasteiger charge is 2.33. The number of amides is 2. The van der Waals surface area contributed by atoms with Gasteiger partial charge in [0, 0.05) is 32.6 Å². The SMILES string of the molecule is Cc1ccc(CN2C[C@@H](C(=O)NCCCn3cncn3)CC2=O)cc1. The largest absolute Gasteiger partial charge is 0.356 e. The van der Waals surface area contributed by atoms with Gasteiger partial charge in [-0.15, -0.1) is 0 Å². The fourth-order valence-corrected chi connectivity index (χ4v) is 2.96. The van der Waals surface area contributed by atoms with Crippen molar-refractivity contribution in [2.45, 2.75) is 32.9 Å². The maximum Gasteiger partial charge on any atom is 0.225 e. The Kier molecular flexibility index (Phi) is 5.42. The van der Waals surface area contributed by atoms with Crippen molar-refractivity contribution in [2.24, 2.45) is 5.92 Å². The maximum atomic E-state index is 12.3. The first-order valence-electron chi connectivity index (χ1n) is 8.55. The number of carbonyl (C=O) groups excluding carboxylic acids is 2. The molecule has 1 saturated heterocycles. The molecule has 132 valence electrons. The van der Waals surface area contributed by atoms with E-state index in [1.54, 1.807) is 15.9 Å². The standard InChI is InChI=1S/C18H23N5O2/c1-14-3-5-15(6-4-14)10-22-11-16(9-17(22)24)18(25)20-7-2-8-23-13-19-12-21-23/h3-6,12-13,16H,2,7-11H2,1H3,(H,20,25)/t16-/m0/s1. The summed E-state index contributed by atoms with van der Waals surface area (Å²) in [6.07, 6.45) is 4.22. The number of likely N-dealkylation sites (tertiary alicyclic amines) is 1. The molecular formula is C18H23N5O2. The number of nitrogens with zero attached hydrogens (tertiary/aromatic N) is 4. The third kappa shape index (κ3) is 4.65. The molecule has 1 aromatic heterocycles. The lowest BCUT2D eigenvalue weighted by Gasteiger charge is -2.17. The van der Waals surface area contributed by atoms with Gasteiger partial charge in [-0.3, -0.25) is 14.3 Å². The number of benzene rings is 1. The molecule has 0 spiro atoms. The molecule has 1 aliphatic heterocycles. The Morgan fingerprint density at radius 2 is 2.12 bits per heavy atom. The van der Waals surface area contributed by atoms with E-state index in [1.165, 1.54) is 11.9 Å². The Balaban J connectivity index is 1.43. The minimum Gasteiger partial charge on any atom is -0.356 e. The quantitative estimate of drug-likeness (QED) is 0.766. The normalized spacial score (nSPS) is 17.1. The van der Waals surface area contributed by atoms with Crippen molar-refractivity contribution in [1.82, 2.24) is 25.0 Å². The van der Waals surface area contributed by atoms with Gasteiger partial charge in [0.15, 0.2) is 0 Å². The van der Waals surface area contributed by atoms with Crippen molar-refractivity contribution in [3.63, 3.8) is 0 Å². The second kappa shape index (κ2) is 7.92. The Labute approximate surface area is 147 Å². The van der Waals surface area contributed by atoms with Crippen LogP contribution in [0.15, 0.2) is 36.9 Å². The molecule has 2 heterocycles. The average molecular weight is 341 g/mol. The fourth-order valence-electron chi connectivity index (χ4n) is 2.96. The molecule has 7 nitrogen and oxygen atoms in total. The summed E-state index contributed by atoms with van der Waals surface area (Å²) < 4.78 is 1.73. The molecule has 0 saturated carbocycles. The van der Waals surface area contributed by atoms with E-state index in [0.29, 0.717) is 32.6 Å². The lowest BCUT2D eigenvalue weighted by atomic mass is 10.1. The zero-order valence-electron chi connectivity index (χ0n) is 14.4. The molecule has 1 N–H and O–H groups in total. The summed E-state index contributed by atoms with van der Waals surface area (Å²) in [5.74, 6) is -0.258. The predicted molar refractivity (Wildman–Crippen MR) is 92.4 cm³/mol. The molecule has 2 amide bonds. The van der Waals surface area contributed by atoms with Crippen molar-refractivity contribution in [1.29, 1.82) is 0 Å². The monoisotopic (exact) mass is 341 g/mol. The van der Waals surface area contributed by atoms with Gasteiger partial charge in [0.05, 0.1) is 5.92 Å². The number of nitrogens with one attached hydrogen (secondary N) is 1. The van der Waals surface area contributed by atoms with Crippen LogP contribution in [0.25, 0.3) is 0 Å². The Morgan fingerprint density at radius 3 is 2.84 bits per heavy atom. The van der Waals surface area contributed by atoms with Gasteiger partial charge in [0.25, 0.3) is 0 Å². The summed E-state index contributed by atoms with van der Waals surface area (Å²) in [5, 5.41) is 6.94. The molecule has 1 atom stereocenters. The van der Waals surface area contributed by atoms with Crippen molar-refractivity contribution >= 4 is 11.8 Å². The lowest BCUT2D eigenvalue weighted by Crippen LogP contribution is -2.33. The van der Waals surface area contributed by atoms with Crippen molar-refractivity contribution in [2.75, 3.05) is 13.1 Å². The van der Waals surface area contributed by atoms with Crippen LogP contribution in [0.2, 0.25) is 0 Å². The topological polar surface area (TPSA) is 80.1 Å². The summed E-state index contributed by atoms with van der Waals surface area (Å²) in [6, 6.07) is 8.13. The van der Waals surface area contributed by atoms with Gasteiger partial charge in [-0.05, 0) is 18.9 Å². The first kappa shape index (κ1) is 17.1. The highest BCUT2D eigenvalue weighted by atomic mass is 16.2. The Bertz CT molecular complexity index is 712. The number of hydrogen-bond donors (Lipinski definition) is 1. The third-order valence-electron chi connectivity index (χ3n) is 4.41. The highest BCUT2D eigenvalue weighted by Crippen LogP contribution is 2.20. The van der Waals surface area contributed by atoms with Gasteiger partial charge in [-0.2, -0.15) is 5.10 Å². The average Bonchev–Trinajstić information content (AvgIpc) is 3.24. The van der Waals surface area contributed by atoms with Crippen molar-refractivity contribution < 1.29 is 9.59 Å². The van der Waals surface area contributed by atoms with E-state index in [4.69, 9.17) is 0 Å². The molecular weight excluding hydrogens is 318 g/mol. The summed E-state index contributed by atoms with van der Waals surface area (Å²) in [4.78, 5) is 30.1. The second-order valence-corrected chi connectivity index (χ2v) is 6.46. The van der Waals surface area contributed by atoms with E-state index in [0.717, 1.165) is 12.0 Å². The molecule has 1 fully saturated rings. The molecule has 0 unspecified atom stereocenters. The number of rotatable bonds is 7. The summed E-state index contributed by atoms with van der Waals surface area (Å²) in [7, 11) is 0. The summed E-state index contributed by atoms with van der Waals surface area (Å²) in [5.41, 5.74) is 2.28. The van der Waals surface area contributed by atoms with Gasteiger partial charge in [0.1, 0.15) is 12.7 Å². The first-order chi connectivity index (χ1) is 12.1. The minimum atomic E-state index is -0.260. The number of carbonyl (C=O) groups is 2. The lowest BCUT2D eigenvalue weighted by molar-refractivity contribution is -0.129. The van der Waals surface area contributed by atoms with Crippen LogP contribution < -0.4 is 5.32 Å². The van der Waals surface area contributed by atoms with Crippen molar-refractivity contribution in [3.8, 4) is 0 Å². The minimum absolute atomic E-state index is 0.0432. The van der Waals surface area contributed by atoms with Gasteiger partial charge in [-0.1, -0.05) is 29.8 Å². The number of hydrogen-bond acceptors (Lipinski definition) is 4. The number of aryl methyl sites for hydroxylation is 2. The molecule has 3 rings (SSSR count). The van der Waals surface area contributed by atoms with Crippen LogP contribution >= 0.6 is 0 Å². The van der Waals surface area contributed by atoms with Gasteiger partial charge in [-0.25, -0.2) is 4.98 Å². The Hall–Kier alpha value is -2.70. The third-order valence-corrected chi connectivity index (χ3v) is 4.41. The molecule has 0 aliphatic carbocycles. The zero-order chi connectivity index (χ0) is 17.6. The van der Waals surface area contributed by atoms with Crippen LogP contribution in [0, 0.1) is 12.8 Å². The van der Waals surface area contributed by atoms with Crippen LogP contribution in [-0.4, -0.2) is 44.6 Å². The fraction of sp³-hybridized carbons (Fsp3) is 0.444. The maximum absolute atomic E-state index is 12.3. The Morgan fingerprint density at radius 1 is 1.32 bits per heavy atom. The first-order valence-corrected chi connectivity index (χ1v) is 8.55. The predicted octanol–water partition coefficient (Wildman–Crippen LogP) is 1.14. The molecule has 1 aliphatic rings. The van der Waals surface area contributed by atoms with Crippen LogP contribution in [0.1, 0.15) is 24.0 Å². The van der Waals surface area contributed by atoms with Crippen LogP contribution in [0.4, 0.5) is 0 Å². The smallest absolute Gasteiger partial charge is 0.225 e. The van der Waals surface area contributed by atoms with Crippen molar-refractivity contribution in [3.05, 3.63) is 48.0 Å². The van der Waals surface area contributed by atoms with Gasteiger partial charge < -0.3 is 10.2 Å². The zero-order valence-corrected chi connectivity index (χ0v) is 14.4. The van der Waals surface area contributed by atoms with E-state index in [-0.39, 0.29) is 17.7 Å². The second-order valence-electron chi connectivity index (χ2n) is 6.46. The molecule has 1 aromatic carbocycles. The van der Waals surface area contributed by atoms with E-state index in [2.05, 4.69) is 15.4 Å². The highest BCUT2D eigenvalue weighted by molar-refractivity contribution is 5.89. The summed E-state index contributed by atoms with van der Waals surface area (Å²) >= 11 is 0. The van der Waals surface area contributed by atoms with E-state index < -0.39 is 0 Å². The molecule has 25 heavy (non-hydrogen) atoms. The molecule has 0 bridgehead atoms. The molecule has 7 heteroatoms. The van der Waals surface area contributed by atoms with Crippen LogP contribution in [0.5, 0.6) is 0 Å². The van der Waals surface area contributed by atoms with Gasteiger partial charge >= 0.3 is 0 Å².